The molecule has 1 nitrogen and oxygen atoms in total. The van der Waals surface area contributed by atoms with Crippen molar-refractivity contribution in [3.8, 4) is 0 Å². The molecule has 0 amide bonds. The molecule has 0 radical (unpaired) electrons. The van der Waals surface area contributed by atoms with Crippen LogP contribution in [0.4, 0.5) is 0 Å². The molecule has 1 unspecified atom stereocenters. The molecule has 1 rings (SSSR count). The third-order valence-corrected chi connectivity index (χ3v) is 3.06. The molecule has 1 heterocycles. The zero-order chi connectivity index (χ0) is 7.72. The Hall–Kier alpha value is -0.0400. The van der Waals surface area contributed by atoms with Gasteiger partial charge in [-0.1, -0.05) is 20.8 Å². The molecule has 0 spiro atoms. The number of hydrogen-bond donors (Lipinski definition) is 0. The molecule has 1 heteroatoms. The molecule has 0 saturated carbocycles. The van der Waals surface area contributed by atoms with Crippen molar-refractivity contribution in [1.82, 2.24) is 4.90 Å². The van der Waals surface area contributed by atoms with E-state index in [-0.39, 0.29) is 0 Å². The standard InChI is InChI=1S/C9H19N/c1-5-9-8(3)7(2)6-10(9)4/h7-9H,5-6H2,1-4H3/t7-,8-,9?/m0/s1. The first-order valence-electron chi connectivity index (χ1n) is 4.37. The molecule has 1 aliphatic rings. The normalized spacial score (nSPS) is 42.6. The van der Waals surface area contributed by atoms with Crippen molar-refractivity contribution >= 4 is 0 Å². The molecule has 1 saturated heterocycles. The Bertz CT molecular complexity index is 111. The number of hydrogen-bond acceptors (Lipinski definition) is 1. The van der Waals surface area contributed by atoms with Crippen LogP contribution in [0.25, 0.3) is 0 Å². The minimum absolute atomic E-state index is 0.843. The Morgan fingerprint density at radius 1 is 1.40 bits per heavy atom. The quantitative estimate of drug-likeness (QED) is 0.539. The van der Waals surface area contributed by atoms with E-state index in [1.807, 2.05) is 0 Å². The molecule has 1 aliphatic heterocycles. The van der Waals surface area contributed by atoms with Crippen LogP contribution < -0.4 is 0 Å². The van der Waals surface area contributed by atoms with E-state index >= 15 is 0 Å². The summed E-state index contributed by atoms with van der Waals surface area (Å²) in [7, 11) is 2.24. The Labute approximate surface area is 64.4 Å². The van der Waals surface area contributed by atoms with Crippen LogP contribution in [0.1, 0.15) is 27.2 Å². The maximum absolute atomic E-state index is 2.50. The van der Waals surface area contributed by atoms with E-state index in [4.69, 9.17) is 0 Å². The van der Waals surface area contributed by atoms with Gasteiger partial charge in [0, 0.05) is 12.6 Å². The first-order valence-corrected chi connectivity index (χ1v) is 4.37. The van der Waals surface area contributed by atoms with E-state index in [1.54, 1.807) is 0 Å². The van der Waals surface area contributed by atoms with Crippen molar-refractivity contribution in [3.63, 3.8) is 0 Å². The molecule has 60 valence electrons. The molecule has 1 fully saturated rings. The fourth-order valence-corrected chi connectivity index (χ4v) is 2.22. The summed E-state index contributed by atoms with van der Waals surface area (Å²) < 4.78 is 0. The summed E-state index contributed by atoms with van der Waals surface area (Å²) in [6.45, 7) is 8.31. The molecule has 0 aliphatic carbocycles. The number of likely N-dealkylation sites (tertiary alicyclic amines) is 1. The second-order valence-corrected chi connectivity index (χ2v) is 3.75. The highest BCUT2D eigenvalue weighted by Gasteiger charge is 2.32. The van der Waals surface area contributed by atoms with E-state index in [2.05, 4.69) is 32.7 Å². The summed E-state index contributed by atoms with van der Waals surface area (Å²) in [6, 6.07) is 0.843. The van der Waals surface area contributed by atoms with Crippen molar-refractivity contribution in [3.05, 3.63) is 0 Å². The van der Waals surface area contributed by atoms with E-state index in [9.17, 15) is 0 Å². The van der Waals surface area contributed by atoms with Crippen LogP contribution in [0.5, 0.6) is 0 Å². The Kier molecular flexibility index (Phi) is 2.35. The predicted molar refractivity (Wildman–Crippen MR) is 45.0 cm³/mol. The topological polar surface area (TPSA) is 3.24 Å². The van der Waals surface area contributed by atoms with Crippen LogP contribution >= 0.6 is 0 Å². The van der Waals surface area contributed by atoms with Gasteiger partial charge in [-0.3, -0.25) is 0 Å². The van der Waals surface area contributed by atoms with Crippen LogP contribution in [0.2, 0.25) is 0 Å². The van der Waals surface area contributed by atoms with E-state index in [0.717, 1.165) is 17.9 Å². The highest BCUT2D eigenvalue weighted by atomic mass is 15.2. The van der Waals surface area contributed by atoms with Gasteiger partial charge >= 0.3 is 0 Å². The summed E-state index contributed by atoms with van der Waals surface area (Å²) in [6.07, 6.45) is 1.31. The van der Waals surface area contributed by atoms with Gasteiger partial charge in [0.05, 0.1) is 0 Å². The molecule has 0 N–H and O–H groups in total. The molecule has 10 heavy (non-hydrogen) atoms. The monoisotopic (exact) mass is 141 g/mol. The Morgan fingerprint density at radius 3 is 2.20 bits per heavy atom. The lowest BCUT2D eigenvalue weighted by Gasteiger charge is -2.20. The fraction of sp³-hybridized carbons (Fsp3) is 1.00. The van der Waals surface area contributed by atoms with Crippen molar-refractivity contribution in [1.29, 1.82) is 0 Å². The van der Waals surface area contributed by atoms with Gasteiger partial charge in [-0.2, -0.15) is 0 Å². The second-order valence-electron chi connectivity index (χ2n) is 3.75. The summed E-state index contributed by atoms with van der Waals surface area (Å²) in [5, 5.41) is 0. The van der Waals surface area contributed by atoms with Gasteiger partial charge in [-0.05, 0) is 25.3 Å². The summed E-state index contributed by atoms with van der Waals surface area (Å²) in [4.78, 5) is 2.50. The van der Waals surface area contributed by atoms with Gasteiger partial charge in [-0.25, -0.2) is 0 Å². The van der Waals surface area contributed by atoms with E-state index in [1.165, 1.54) is 13.0 Å². The maximum Gasteiger partial charge on any atom is 0.0118 e. The zero-order valence-electron chi connectivity index (χ0n) is 7.59. The molecule has 0 bridgehead atoms. The average molecular weight is 141 g/mol. The number of rotatable bonds is 1. The lowest BCUT2D eigenvalue weighted by atomic mass is 9.93. The van der Waals surface area contributed by atoms with Crippen LogP contribution in [0.15, 0.2) is 0 Å². The third-order valence-electron chi connectivity index (χ3n) is 3.06. The smallest absolute Gasteiger partial charge is 0.0118 e. The summed E-state index contributed by atoms with van der Waals surface area (Å²) in [5.41, 5.74) is 0. The molecule has 3 atom stereocenters. The molecular formula is C9H19N. The first-order chi connectivity index (χ1) is 4.66. The highest BCUT2D eigenvalue weighted by Crippen LogP contribution is 2.29. The van der Waals surface area contributed by atoms with Gasteiger partial charge < -0.3 is 4.90 Å². The lowest BCUT2D eigenvalue weighted by Crippen LogP contribution is -2.27. The van der Waals surface area contributed by atoms with Gasteiger partial charge in [0.25, 0.3) is 0 Å². The molecule has 0 aromatic heterocycles. The van der Waals surface area contributed by atoms with Crippen molar-refractivity contribution < 1.29 is 0 Å². The van der Waals surface area contributed by atoms with Crippen LogP contribution in [0, 0.1) is 11.8 Å². The van der Waals surface area contributed by atoms with Crippen LogP contribution in [0.3, 0.4) is 0 Å². The van der Waals surface area contributed by atoms with Crippen molar-refractivity contribution in [2.24, 2.45) is 11.8 Å². The molecule has 0 aromatic rings. The predicted octanol–water partition coefficient (Wildman–Crippen LogP) is 1.98. The molecule has 0 aromatic carbocycles. The van der Waals surface area contributed by atoms with Gasteiger partial charge in [-0.15, -0.1) is 0 Å². The zero-order valence-corrected chi connectivity index (χ0v) is 7.59. The second kappa shape index (κ2) is 2.91. The summed E-state index contributed by atoms with van der Waals surface area (Å²) in [5.74, 6) is 1.80. The molecular weight excluding hydrogens is 122 g/mol. The first kappa shape index (κ1) is 8.06. The van der Waals surface area contributed by atoms with Crippen molar-refractivity contribution in [2.45, 2.75) is 33.2 Å². The van der Waals surface area contributed by atoms with E-state index in [0.29, 0.717) is 0 Å². The average Bonchev–Trinajstić information content (AvgIpc) is 2.09. The van der Waals surface area contributed by atoms with Crippen molar-refractivity contribution in [2.75, 3.05) is 13.6 Å². The fourth-order valence-electron chi connectivity index (χ4n) is 2.22. The largest absolute Gasteiger partial charge is 0.303 e. The van der Waals surface area contributed by atoms with E-state index < -0.39 is 0 Å². The SMILES string of the molecule is CCC1[C@@H](C)[C@@H](C)CN1C. The minimum atomic E-state index is 0.843. The maximum atomic E-state index is 2.50. The van der Waals surface area contributed by atoms with Gasteiger partial charge in [0.15, 0.2) is 0 Å². The Morgan fingerprint density at radius 2 is 2.00 bits per heavy atom. The van der Waals surface area contributed by atoms with Crippen LogP contribution in [-0.4, -0.2) is 24.5 Å². The highest BCUT2D eigenvalue weighted by molar-refractivity contribution is 4.85. The lowest BCUT2D eigenvalue weighted by molar-refractivity contribution is 0.272. The van der Waals surface area contributed by atoms with Crippen LogP contribution in [-0.2, 0) is 0 Å². The van der Waals surface area contributed by atoms with Gasteiger partial charge in [0.1, 0.15) is 0 Å². The minimum Gasteiger partial charge on any atom is -0.303 e. The van der Waals surface area contributed by atoms with Gasteiger partial charge in [0.2, 0.25) is 0 Å². The summed E-state index contributed by atoms with van der Waals surface area (Å²) >= 11 is 0. The number of nitrogens with zero attached hydrogens (tertiary/aromatic N) is 1. The Balaban J connectivity index is 2.55. The third kappa shape index (κ3) is 1.20.